The zero-order valence-corrected chi connectivity index (χ0v) is 11.6. The van der Waals surface area contributed by atoms with Gasteiger partial charge in [0.1, 0.15) is 5.67 Å². The molecule has 0 N–H and O–H groups in total. The highest BCUT2D eigenvalue weighted by Gasteiger charge is 2.36. The van der Waals surface area contributed by atoms with E-state index in [0.717, 1.165) is 38.0 Å². The number of piperidine rings is 2. The summed E-state index contributed by atoms with van der Waals surface area (Å²) in [6.07, 6.45) is 2.73. The van der Waals surface area contributed by atoms with E-state index in [9.17, 15) is 4.39 Å². The molecule has 2 unspecified atom stereocenters. The van der Waals surface area contributed by atoms with E-state index in [4.69, 9.17) is 0 Å². The van der Waals surface area contributed by atoms with E-state index in [0.29, 0.717) is 19.4 Å². The predicted molar refractivity (Wildman–Crippen MR) is 70.0 cm³/mol. The van der Waals surface area contributed by atoms with Crippen molar-refractivity contribution < 1.29 is 4.39 Å². The first kappa shape index (κ1) is 13.3. The topological polar surface area (TPSA) is 6.48 Å². The molecule has 17 heavy (non-hydrogen) atoms. The second-order valence-electron chi connectivity index (χ2n) is 6.59. The van der Waals surface area contributed by atoms with Crippen LogP contribution in [0.2, 0.25) is 0 Å². The van der Waals surface area contributed by atoms with Crippen molar-refractivity contribution in [2.45, 2.75) is 38.8 Å². The van der Waals surface area contributed by atoms with Crippen LogP contribution in [0.3, 0.4) is 0 Å². The third kappa shape index (κ3) is 3.65. The molecule has 0 bridgehead atoms. The van der Waals surface area contributed by atoms with Gasteiger partial charge in [-0.05, 0) is 38.1 Å². The van der Waals surface area contributed by atoms with Crippen molar-refractivity contribution in [2.24, 2.45) is 11.8 Å². The summed E-state index contributed by atoms with van der Waals surface area (Å²) < 4.78 is 14.7. The lowest BCUT2D eigenvalue weighted by molar-refractivity contribution is 0.0116. The molecular weight excluding hydrogens is 215 g/mol. The quantitative estimate of drug-likeness (QED) is 0.733. The van der Waals surface area contributed by atoms with Gasteiger partial charge in [0.15, 0.2) is 0 Å². The van der Waals surface area contributed by atoms with E-state index in [1.807, 2.05) is 0 Å². The van der Waals surface area contributed by atoms with Crippen LogP contribution in [0.1, 0.15) is 33.1 Å². The van der Waals surface area contributed by atoms with Crippen LogP contribution in [0.5, 0.6) is 0 Å². The summed E-state index contributed by atoms with van der Waals surface area (Å²) in [4.78, 5) is 4.60. The molecule has 0 amide bonds. The van der Waals surface area contributed by atoms with E-state index in [-0.39, 0.29) is 0 Å². The molecule has 2 fully saturated rings. The molecule has 2 heterocycles. The third-order valence-corrected chi connectivity index (χ3v) is 4.33. The van der Waals surface area contributed by atoms with E-state index >= 15 is 0 Å². The monoisotopic (exact) mass is 242 g/mol. The highest BCUT2D eigenvalue weighted by molar-refractivity contribution is 4.90. The summed E-state index contributed by atoms with van der Waals surface area (Å²) >= 11 is 0. The molecule has 0 aromatic rings. The molecule has 100 valence electrons. The Kier molecular flexibility index (Phi) is 4.09. The number of halogens is 1. The highest BCUT2D eigenvalue weighted by Crippen LogP contribution is 2.30. The Labute approximate surface area is 105 Å². The van der Waals surface area contributed by atoms with E-state index in [2.05, 4.69) is 30.7 Å². The van der Waals surface area contributed by atoms with Crippen LogP contribution in [0.15, 0.2) is 0 Å². The summed E-state index contributed by atoms with van der Waals surface area (Å²) in [6.45, 7) is 9.25. The van der Waals surface area contributed by atoms with Crippen LogP contribution in [0, 0.1) is 11.8 Å². The molecule has 3 heteroatoms. The molecule has 2 atom stereocenters. The zero-order valence-electron chi connectivity index (χ0n) is 11.6. The molecule has 2 aliphatic rings. The number of hydrogen-bond acceptors (Lipinski definition) is 2. The third-order valence-electron chi connectivity index (χ3n) is 4.33. The number of nitrogens with zero attached hydrogens (tertiary/aromatic N) is 2. The average Bonchev–Trinajstić information content (AvgIpc) is 2.21. The SMILES string of the molecule is CC1CC(C)CN(CC2(F)CCN(C)CC2)C1. The van der Waals surface area contributed by atoms with Crippen LogP contribution in [0.4, 0.5) is 4.39 Å². The Bertz CT molecular complexity index is 239. The predicted octanol–water partition coefficient (Wildman–Crippen LogP) is 2.40. The number of hydrogen-bond donors (Lipinski definition) is 0. The fourth-order valence-corrected chi connectivity index (χ4v) is 3.50. The van der Waals surface area contributed by atoms with Gasteiger partial charge in [0.05, 0.1) is 0 Å². The molecular formula is C14H27FN2. The van der Waals surface area contributed by atoms with Crippen LogP contribution in [-0.4, -0.2) is 55.2 Å². The van der Waals surface area contributed by atoms with Gasteiger partial charge in [-0.3, -0.25) is 4.90 Å². The van der Waals surface area contributed by atoms with E-state index < -0.39 is 5.67 Å². The average molecular weight is 242 g/mol. The highest BCUT2D eigenvalue weighted by atomic mass is 19.1. The van der Waals surface area contributed by atoms with Crippen molar-refractivity contribution in [2.75, 3.05) is 39.8 Å². The van der Waals surface area contributed by atoms with E-state index in [1.54, 1.807) is 0 Å². The largest absolute Gasteiger partial charge is 0.306 e. The lowest BCUT2D eigenvalue weighted by Gasteiger charge is -2.41. The Morgan fingerprint density at radius 2 is 1.65 bits per heavy atom. The van der Waals surface area contributed by atoms with Crippen molar-refractivity contribution in [3.63, 3.8) is 0 Å². The first-order valence-electron chi connectivity index (χ1n) is 7.07. The summed E-state index contributed by atoms with van der Waals surface area (Å²) in [7, 11) is 2.09. The van der Waals surface area contributed by atoms with Crippen molar-refractivity contribution in [3.8, 4) is 0 Å². The van der Waals surface area contributed by atoms with Crippen LogP contribution >= 0.6 is 0 Å². The second kappa shape index (κ2) is 5.23. The Morgan fingerprint density at radius 1 is 1.12 bits per heavy atom. The van der Waals surface area contributed by atoms with Crippen molar-refractivity contribution in [3.05, 3.63) is 0 Å². The molecule has 2 aliphatic heterocycles. The standard InChI is InChI=1S/C14H27FN2/c1-12-8-13(2)10-17(9-12)11-14(15)4-6-16(3)7-5-14/h12-13H,4-11H2,1-3H3. The van der Waals surface area contributed by atoms with Gasteiger partial charge in [0.25, 0.3) is 0 Å². The summed E-state index contributed by atoms with van der Waals surface area (Å²) in [5.74, 6) is 1.46. The molecule has 0 saturated carbocycles. The molecule has 0 aliphatic carbocycles. The maximum Gasteiger partial charge on any atom is 0.126 e. The molecule has 2 nitrogen and oxygen atoms in total. The van der Waals surface area contributed by atoms with Gasteiger partial charge in [0.2, 0.25) is 0 Å². The van der Waals surface area contributed by atoms with Gasteiger partial charge in [-0.2, -0.15) is 0 Å². The zero-order chi connectivity index (χ0) is 12.5. The minimum absolute atomic E-state index is 0.662. The van der Waals surface area contributed by atoms with Gasteiger partial charge in [-0.1, -0.05) is 13.8 Å². The molecule has 0 aromatic heterocycles. The Balaban J connectivity index is 1.87. The smallest absolute Gasteiger partial charge is 0.126 e. The van der Waals surface area contributed by atoms with Crippen LogP contribution in [0.25, 0.3) is 0 Å². The fourth-order valence-electron chi connectivity index (χ4n) is 3.50. The van der Waals surface area contributed by atoms with Gasteiger partial charge in [0, 0.05) is 32.7 Å². The lowest BCUT2D eigenvalue weighted by atomic mass is 9.88. The lowest BCUT2D eigenvalue weighted by Crippen LogP contribution is -2.50. The van der Waals surface area contributed by atoms with Gasteiger partial charge >= 0.3 is 0 Å². The first-order valence-corrected chi connectivity index (χ1v) is 7.07. The van der Waals surface area contributed by atoms with E-state index in [1.165, 1.54) is 6.42 Å². The molecule has 2 rings (SSSR count). The second-order valence-corrected chi connectivity index (χ2v) is 6.59. The number of alkyl halides is 1. The van der Waals surface area contributed by atoms with Crippen LogP contribution in [-0.2, 0) is 0 Å². The maximum absolute atomic E-state index is 14.7. The van der Waals surface area contributed by atoms with Crippen molar-refractivity contribution in [1.82, 2.24) is 9.80 Å². The van der Waals surface area contributed by atoms with Crippen LogP contribution < -0.4 is 0 Å². The maximum atomic E-state index is 14.7. The Hall–Kier alpha value is -0.150. The Morgan fingerprint density at radius 3 is 2.18 bits per heavy atom. The fraction of sp³-hybridized carbons (Fsp3) is 1.00. The summed E-state index contributed by atoms with van der Waals surface area (Å²) in [5.41, 5.74) is -0.927. The molecule has 2 saturated heterocycles. The van der Waals surface area contributed by atoms with Gasteiger partial charge in [-0.15, -0.1) is 0 Å². The van der Waals surface area contributed by atoms with Gasteiger partial charge < -0.3 is 4.90 Å². The normalized spacial score (nSPS) is 36.0. The minimum Gasteiger partial charge on any atom is -0.306 e. The van der Waals surface area contributed by atoms with Crippen molar-refractivity contribution >= 4 is 0 Å². The van der Waals surface area contributed by atoms with Gasteiger partial charge in [-0.25, -0.2) is 4.39 Å². The number of rotatable bonds is 2. The molecule has 0 aromatic carbocycles. The molecule has 0 spiro atoms. The molecule has 0 radical (unpaired) electrons. The first-order chi connectivity index (χ1) is 7.97. The summed E-state index contributed by atoms with van der Waals surface area (Å²) in [6, 6.07) is 0. The number of likely N-dealkylation sites (tertiary alicyclic amines) is 2. The minimum atomic E-state index is -0.927. The summed E-state index contributed by atoms with van der Waals surface area (Å²) in [5, 5.41) is 0. The van der Waals surface area contributed by atoms with Crippen molar-refractivity contribution in [1.29, 1.82) is 0 Å².